The highest BCUT2D eigenvalue weighted by atomic mass is 19.3. The Balaban J connectivity index is 2.45. The number of ketones is 2. The van der Waals surface area contributed by atoms with Crippen LogP contribution >= 0.6 is 0 Å². The van der Waals surface area contributed by atoms with Gasteiger partial charge in [-0.05, 0) is 31.6 Å². The minimum atomic E-state index is -3.33. The monoisotopic (exact) mass is 390 g/mol. The summed E-state index contributed by atoms with van der Waals surface area (Å²) in [5.41, 5.74) is 0. The molecule has 0 saturated heterocycles. The lowest BCUT2D eigenvalue weighted by atomic mass is 9.85. The van der Waals surface area contributed by atoms with Gasteiger partial charge in [-0.2, -0.15) is 8.78 Å². The number of aliphatic hydroxyl groups is 1. The molecule has 0 bridgehead atoms. The maximum atomic E-state index is 13.8. The lowest BCUT2D eigenvalue weighted by Gasteiger charge is -2.22. The minimum absolute atomic E-state index is 0.0226. The normalized spacial score (nSPS) is 23.0. The molecule has 0 heterocycles. The van der Waals surface area contributed by atoms with Gasteiger partial charge in [-0.25, -0.2) is 0 Å². The second-order valence-corrected chi connectivity index (χ2v) is 7.62. The first-order valence-corrected chi connectivity index (χ1v) is 10.0. The summed E-state index contributed by atoms with van der Waals surface area (Å²) in [6, 6.07) is 0. The molecular formula is C20H32F2O5. The summed E-state index contributed by atoms with van der Waals surface area (Å²) in [6.45, 7) is 1.79. The van der Waals surface area contributed by atoms with Crippen molar-refractivity contribution in [3.05, 3.63) is 0 Å². The minimum Gasteiger partial charge on any atom is -0.481 e. The van der Waals surface area contributed by atoms with Crippen LogP contribution in [-0.4, -0.2) is 39.8 Å². The van der Waals surface area contributed by atoms with Crippen LogP contribution in [0.25, 0.3) is 0 Å². The van der Waals surface area contributed by atoms with Gasteiger partial charge in [0.15, 0.2) is 0 Å². The van der Waals surface area contributed by atoms with Crippen molar-refractivity contribution in [1.82, 2.24) is 0 Å². The van der Waals surface area contributed by atoms with E-state index in [1.807, 2.05) is 0 Å². The number of halogens is 2. The van der Waals surface area contributed by atoms with Crippen LogP contribution in [-0.2, 0) is 14.4 Å². The van der Waals surface area contributed by atoms with Gasteiger partial charge in [0, 0.05) is 31.6 Å². The predicted molar refractivity (Wildman–Crippen MR) is 96.7 cm³/mol. The third kappa shape index (κ3) is 8.03. The van der Waals surface area contributed by atoms with Gasteiger partial charge in [-0.3, -0.25) is 14.4 Å². The Morgan fingerprint density at radius 2 is 1.74 bits per heavy atom. The first-order chi connectivity index (χ1) is 12.7. The average Bonchev–Trinajstić information content (AvgIpc) is 2.86. The molecule has 1 fully saturated rings. The van der Waals surface area contributed by atoms with E-state index in [0.29, 0.717) is 19.3 Å². The molecule has 0 radical (unpaired) electrons. The van der Waals surface area contributed by atoms with Crippen LogP contribution in [0.1, 0.15) is 84.0 Å². The lowest BCUT2D eigenvalue weighted by Crippen LogP contribution is -2.30. The number of hydrogen-bond donors (Lipinski definition) is 2. The van der Waals surface area contributed by atoms with E-state index in [1.165, 1.54) is 0 Å². The van der Waals surface area contributed by atoms with E-state index in [1.54, 1.807) is 6.92 Å². The van der Waals surface area contributed by atoms with Gasteiger partial charge in [0.2, 0.25) is 5.78 Å². The Labute approximate surface area is 159 Å². The van der Waals surface area contributed by atoms with E-state index >= 15 is 0 Å². The molecule has 7 heteroatoms. The van der Waals surface area contributed by atoms with Crippen LogP contribution < -0.4 is 0 Å². The van der Waals surface area contributed by atoms with Crippen molar-refractivity contribution in [2.45, 2.75) is 96.0 Å². The molecule has 0 aromatic rings. The molecule has 1 rings (SSSR count). The first-order valence-electron chi connectivity index (χ1n) is 10.0. The number of alkyl halides is 2. The first kappa shape index (κ1) is 23.7. The van der Waals surface area contributed by atoms with E-state index in [-0.39, 0.29) is 37.9 Å². The largest absolute Gasteiger partial charge is 0.481 e. The Morgan fingerprint density at radius 1 is 1.07 bits per heavy atom. The van der Waals surface area contributed by atoms with E-state index in [2.05, 4.69) is 0 Å². The molecule has 156 valence electrons. The topological polar surface area (TPSA) is 91.7 Å². The summed E-state index contributed by atoms with van der Waals surface area (Å²) in [4.78, 5) is 34.4. The summed E-state index contributed by atoms with van der Waals surface area (Å²) in [5.74, 6) is -6.16. The molecule has 2 N–H and O–H groups in total. The zero-order chi connectivity index (χ0) is 20.4. The van der Waals surface area contributed by atoms with Gasteiger partial charge in [-0.15, -0.1) is 0 Å². The number of aliphatic carboxylic acids is 1. The molecule has 1 aliphatic carbocycles. The second-order valence-electron chi connectivity index (χ2n) is 7.62. The fourth-order valence-electron chi connectivity index (χ4n) is 3.80. The summed E-state index contributed by atoms with van der Waals surface area (Å²) >= 11 is 0. The predicted octanol–water partition coefficient (Wildman–Crippen LogP) is 4.15. The van der Waals surface area contributed by atoms with Gasteiger partial charge in [0.05, 0.1) is 6.10 Å². The van der Waals surface area contributed by atoms with Crippen molar-refractivity contribution in [1.29, 1.82) is 0 Å². The summed E-state index contributed by atoms with van der Waals surface area (Å²) in [7, 11) is 0. The van der Waals surface area contributed by atoms with Crippen LogP contribution in [0.15, 0.2) is 0 Å². The SMILES string of the molecule is CCCCC(F)(F)C(=O)CC[C@@H]1[C@H](O)CC(=O)[C@@H]1CCCCCCC(=O)O. The summed E-state index contributed by atoms with van der Waals surface area (Å²) in [5, 5.41) is 18.7. The highest BCUT2D eigenvalue weighted by molar-refractivity contribution is 5.86. The number of carboxylic acids is 1. The number of hydrogen-bond acceptors (Lipinski definition) is 4. The summed E-state index contributed by atoms with van der Waals surface area (Å²) in [6.07, 6.45) is 2.89. The molecule has 27 heavy (non-hydrogen) atoms. The smallest absolute Gasteiger partial charge is 0.305 e. The lowest BCUT2D eigenvalue weighted by molar-refractivity contribution is -0.144. The highest BCUT2D eigenvalue weighted by Gasteiger charge is 2.43. The molecule has 0 unspecified atom stereocenters. The van der Waals surface area contributed by atoms with Gasteiger partial charge in [-0.1, -0.05) is 32.6 Å². The molecule has 0 aromatic carbocycles. The average molecular weight is 390 g/mol. The van der Waals surface area contributed by atoms with Crippen LogP contribution in [0.2, 0.25) is 0 Å². The van der Waals surface area contributed by atoms with Crippen LogP contribution in [0.5, 0.6) is 0 Å². The zero-order valence-electron chi connectivity index (χ0n) is 16.1. The van der Waals surface area contributed by atoms with E-state index < -0.39 is 42.0 Å². The molecular weight excluding hydrogens is 358 g/mol. The van der Waals surface area contributed by atoms with E-state index in [9.17, 15) is 28.3 Å². The molecule has 0 aliphatic heterocycles. The van der Waals surface area contributed by atoms with Crippen molar-refractivity contribution >= 4 is 17.5 Å². The number of unbranched alkanes of at least 4 members (excludes halogenated alkanes) is 4. The molecule has 0 amide bonds. The van der Waals surface area contributed by atoms with Crippen LogP contribution in [0.4, 0.5) is 8.78 Å². The van der Waals surface area contributed by atoms with Gasteiger partial charge in [0.1, 0.15) is 5.78 Å². The van der Waals surface area contributed by atoms with Crippen molar-refractivity contribution in [2.24, 2.45) is 11.8 Å². The number of carbonyl (C=O) groups excluding carboxylic acids is 2. The highest BCUT2D eigenvalue weighted by Crippen LogP contribution is 2.37. The molecule has 5 nitrogen and oxygen atoms in total. The Kier molecular flexibility index (Phi) is 10.1. The Morgan fingerprint density at radius 3 is 2.37 bits per heavy atom. The van der Waals surface area contributed by atoms with Crippen molar-refractivity contribution in [2.75, 3.05) is 0 Å². The molecule has 0 aromatic heterocycles. The van der Waals surface area contributed by atoms with Gasteiger partial charge in [0.25, 0.3) is 0 Å². The maximum Gasteiger partial charge on any atom is 0.305 e. The van der Waals surface area contributed by atoms with E-state index in [4.69, 9.17) is 5.11 Å². The maximum absolute atomic E-state index is 13.8. The Bertz CT molecular complexity index is 507. The Hall–Kier alpha value is -1.37. The van der Waals surface area contributed by atoms with Gasteiger partial charge >= 0.3 is 11.9 Å². The van der Waals surface area contributed by atoms with E-state index in [0.717, 1.165) is 19.3 Å². The second kappa shape index (κ2) is 11.5. The standard InChI is InChI=1S/C20H32F2O5/c1-2-3-12-20(21,22)18(25)11-10-15-14(16(23)13-17(15)24)8-6-4-5-7-9-19(26)27/h14-15,17,24H,2-13H2,1H3,(H,26,27)/t14-,15+,17-/m1/s1. The number of Topliss-reactive ketones (excluding diaryl/α,β-unsaturated/α-hetero) is 2. The quantitative estimate of drug-likeness (QED) is 0.435. The van der Waals surface area contributed by atoms with Crippen molar-refractivity contribution in [3.63, 3.8) is 0 Å². The van der Waals surface area contributed by atoms with Crippen LogP contribution in [0.3, 0.4) is 0 Å². The van der Waals surface area contributed by atoms with Crippen molar-refractivity contribution in [3.8, 4) is 0 Å². The third-order valence-corrected chi connectivity index (χ3v) is 5.45. The van der Waals surface area contributed by atoms with Crippen LogP contribution in [0, 0.1) is 11.8 Å². The fraction of sp³-hybridized carbons (Fsp3) is 0.850. The molecule has 3 atom stereocenters. The number of aliphatic hydroxyl groups excluding tert-OH is 1. The van der Waals surface area contributed by atoms with Gasteiger partial charge < -0.3 is 10.2 Å². The molecule has 1 saturated carbocycles. The number of carboxylic acid groups (broad SMARTS) is 1. The van der Waals surface area contributed by atoms with Crippen molar-refractivity contribution < 1.29 is 33.4 Å². The zero-order valence-corrected chi connectivity index (χ0v) is 16.1. The molecule has 0 spiro atoms. The third-order valence-electron chi connectivity index (χ3n) is 5.45. The molecule has 1 aliphatic rings. The number of carbonyl (C=O) groups is 3. The number of rotatable bonds is 14. The fourth-order valence-corrected chi connectivity index (χ4v) is 3.80. The summed E-state index contributed by atoms with van der Waals surface area (Å²) < 4.78 is 27.6.